The molecule has 4 rings (SSSR count). The molecule has 0 atom stereocenters. The molecule has 0 bridgehead atoms. The number of unbranched alkanes of at least 4 members (excludes halogenated alkanes) is 6. The second-order valence-corrected chi connectivity index (χ2v) is 12.9. The number of carbonyl (C=O) groups is 1. The number of aromatic nitrogens is 1. The van der Waals surface area contributed by atoms with E-state index in [2.05, 4.69) is 24.8 Å². The van der Waals surface area contributed by atoms with Gasteiger partial charge < -0.3 is 9.80 Å². The van der Waals surface area contributed by atoms with Crippen molar-refractivity contribution in [3.63, 3.8) is 0 Å². The predicted octanol–water partition coefficient (Wildman–Crippen LogP) is 6.86. The number of thiocarbonyl (C=S) groups is 1. The van der Waals surface area contributed by atoms with Crippen LogP contribution in [0.1, 0.15) is 81.9 Å². The molecular weight excluding hydrogens is 582 g/mol. The fourth-order valence-electron chi connectivity index (χ4n) is 5.75. The first-order valence-corrected chi connectivity index (χ1v) is 16.7. The maximum atomic E-state index is 14.5. The van der Waals surface area contributed by atoms with Crippen molar-refractivity contribution >= 4 is 51.8 Å². The topological polar surface area (TPSA) is 72.6 Å². The van der Waals surface area contributed by atoms with Crippen molar-refractivity contribution in [1.29, 1.82) is 5.26 Å². The molecule has 7 nitrogen and oxygen atoms in total. The lowest BCUT2D eigenvalue weighted by molar-refractivity contribution is -0.122. The number of hydrogen-bond acceptors (Lipinski definition) is 7. The van der Waals surface area contributed by atoms with Crippen LogP contribution in [0.25, 0.3) is 6.08 Å². The van der Waals surface area contributed by atoms with Gasteiger partial charge in [0.15, 0.2) is 0 Å². The molecule has 0 aliphatic carbocycles. The van der Waals surface area contributed by atoms with Crippen molar-refractivity contribution in [3.05, 3.63) is 62.0 Å². The number of anilines is 2. The van der Waals surface area contributed by atoms with E-state index in [-0.39, 0.29) is 22.8 Å². The zero-order chi connectivity index (χ0) is 30.9. The van der Waals surface area contributed by atoms with Gasteiger partial charge in [0.1, 0.15) is 27.6 Å². The summed E-state index contributed by atoms with van der Waals surface area (Å²) < 4.78 is 16.8. The van der Waals surface area contributed by atoms with E-state index in [1.54, 1.807) is 28.5 Å². The molecule has 0 unspecified atom stereocenters. The number of benzene rings is 1. The molecule has 1 amide bonds. The highest BCUT2D eigenvalue weighted by Crippen LogP contribution is 2.36. The highest BCUT2D eigenvalue weighted by Gasteiger charge is 2.33. The fraction of sp³-hybridized carbons (Fsp3) is 0.515. The van der Waals surface area contributed by atoms with Gasteiger partial charge in [-0.1, -0.05) is 88.5 Å². The molecule has 2 saturated heterocycles. The Balaban J connectivity index is 1.67. The van der Waals surface area contributed by atoms with Gasteiger partial charge in [0, 0.05) is 44.8 Å². The average Bonchev–Trinajstić information content (AvgIpc) is 3.27. The highest BCUT2D eigenvalue weighted by molar-refractivity contribution is 8.26. The zero-order valence-electron chi connectivity index (χ0n) is 25.5. The Morgan fingerprint density at radius 2 is 1.60 bits per heavy atom. The number of rotatable bonds is 13. The Morgan fingerprint density at radius 3 is 2.28 bits per heavy atom. The van der Waals surface area contributed by atoms with Crippen molar-refractivity contribution in [2.75, 3.05) is 42.5 Å². The fourth-order valence-corrected chi connectivity index (χ4v) is 7.04. The summed E-state index contributed by atoms with van der Waals surface area (Å²) in [6.45, 7) is 9.37. The molecule has 2 aromatic rings. The summed E-state index contributed by atoms with van der Waals surface area (Å²) in [6, 6.07) is 8.90. The summed E-state index contributed by atoms with van der Waals surface area (Å²) >= 11 is 6.90. The van der Waals surface area contributed by atoms with Gasteiger partial charge in [0.2, 0.25) is 0 Å². The molecule has 2 fully saturated rings. The first-order chi connectivity index (χ1) is 20.8. The molecule has 0 spiro atoms. The molecule has 10 heteroatoms. The number of pyridine rings is 1. The summed E-state index contributed by atoms with van der Waals surface area (Å²) in [4.78, 5) is 33.5. The van der Waals surface area contributed by atoms with E-state index in [1.165, 1.54) is 37.1 Å². The minimum absolute atomic E-state index is 0.0960. The molecule has 43 heavy (non-hydrogen) atoms. The molecule has 0 radical (unpaired) electrons. The maximum absolute atomic E-state index is 14.5. The molecule has 0 N–H and O–H groups in total. The van der Waals surface area contributed by atoms with E-state index in [0.29, 0.717) is 71.1 Å². The number of para-hydroxylation sites is 1. The number of nitriles is 1. The van der Waals surface area contributed by atoms with Crippen LogP contribution in [0, 0.1) is 24.1 Å². The lowest BCUT2D eigenvalue weighted by Gasteiger charge is -2.39. The molecule has 1 aromatic heterocycles. The number of amides is 1. The SMILES string of the molecule is CCCCCCCCN1C(=O)/C(=C\c2c(C)c(C#N)c(=O)n(CCCC)c2N2CCN(c3ccccc3F)CC2)SC1=S. The van der Waals surface area contributed by atoms with Crippen LogP contribution in [-0.4, -0.2) is 52.4 Å². The van der Waals surface area contributed by atoms with Crippen LogP contribution in [0.15, 0.2) is 34.0 Å². The number of thioether (sulfide) groups is 1. The van der Waals surface area contributed by atoms with Gasteiger partial charge in [-0.3, -0.25) is 19.1 Å². The van der Waals surface area contributed by atoms with Crippen LogP contribution in [0.4, 0.5) is 15.9 Å². The predicted molar refractivity (Wildman–Crippen MR) is 179 cm³/mol. The summed E-state index contributed by atoms with van der Waals surface area (Å²) in [7, 11) is 0. The van der Waals surface area contributed by atoms with Crippen molar-refractivity contribution in [3.8, 4) is 6.07 Å². The van der Waals surface area contributed by atoms with Crippen molar-refractivity contribution < 1.29 is 9.18 Å². The molecule has 0 saturated carbocycles. The van der Waals surface area contributed by atoms with E-state index in [9.17, 15) is 19.2 Å². The minimum Gasteiger partial charge on any atom is -0.366 e. The van der Waals surface area contributed by atoms with Crippen LogP contribution in [0.3, 0.4) is 0 Å². The Hall–Kier alpha value is -3.16. The first kappa shape index (κ1) is 32.7. The minimum atomic E-state index is -0.312. The van der Waals surface area contributed by atoms with Gasteiger partial charge in [-0.05, 0) is 43.5 Å². The molecule has 1 aromatic carbocycles. The first-order valence-electron chi connectivity index (χ1n) is 15.5. The monoisotopic (exact) mass is 623 g/mol. The standard InChI is InChI=1S/C33H42FN5O2S2/c1-4-6-8-9-10-13-17-39-32(41)29(43-33(39)42)22-25-24(3)26(23-35)31(40)38(16-7-5-2)30(25)37-20-18-36(19-21-37)28-15-12-11-14-27(28)34/h11-12,14-15,22H,4-10,13,16-21H2,1-3H3/b29-22+. The Labute approximate surface area is 264 Å². The number of nitrogens with zero attached hydrogens (tertiary/aromatic N) is 5. The maximum Gasteiger partial charge on any atom is 0.270 e. The third-order valence-corrected chi connectivity index (χ3v) is 9.62. The molecule has 230 valence electrons. The van der Waals surface area contributed by atoms with E-state index in [1.807, 2.05) is 17.0 Å². The van der Waals surface area contributed by atoms with Gasteiger partial charge in [-0.25, -0.2) is 4.39 Å². The van der Waals surface area contributed by atoms with Gasteiger partial charge in [-0.2, -0.15) is 5.26 Å². The summed E-state index contributed by atoms with van der Waals surface area (Å²) in [5.41, 5.74) is 1.61. The zero-order valence-corrected chi connectivity index (χ0v) is 27.2. The molecule has 2 aliphatic heterocycles. The normalized spacial score (nSPS) is 16.4. The largest absolute Gasteiger partial charge is 0.366 e. The van der Waals surface area contributed by atoms with E-state index < -0.39 is 0 Å². The summed E-state index contributed by atoms with van der Waals surface area (Å²) in [5, 5.41) is 9.99. The van der Waals surface area contributed by atoms with Crippen molar-refractivity contribution in [2.45, 2.75) is 78.7 Å². The third-order valence-electron chi connectivity index (χ3n) is 8.24. The van der Waals surface area contributed by atoms with Crippen LogP contribution in [0.2, 0.25) is 0 Å². The van der Waals surface area contributed by atoms with Gasteiger partial charge >= 0.3 is 0 Å². The van der Waals surface area contributed by atoms with Crippen LogP contribution >= 0.6 is 24.0 Å². The van der Waals surface area contributed by atoms with Gasteiger partial charge in [0.25, 0.3) is 11.5 Å². The average molecular weight is 624 g/mol. The molecule has 2 aliphatic rings. The summed E-state index contributed by atoms with van der Waals surface area (Å²) in [5.74, 6) is 0.334. The number of carbonyl (C=O) groups excluding carboxylic acids is 1. The Bertz CT molecular complexity index is 1460. The molecule has 3 heterocycles. The van der Waals surface area contributed by atoms with E-state index >= 15 is 0 Å². The van der Waals surface area contributed by atoms with Crippen LogP contribution < -0.4 is 15.4 Å². The number of hydrogen-bond donors (Lipinski definition) is 0. The highest BCUT2D eigenvalue weighted by atomic mass is 32.2. The van der Waals surface area contributed by atoms with Crippen molar-refractivity contribution in [1.82, 2.24) is 9.47 Å². The quantitative estimate of drug-likeness (QED) is 0.137. The smallest absolute Gasteiger partial charge is 0.270 e. The van der Waals surface area contributed by atoms with Gasteiger partial charge in [0.05, 0.1) is 10.6 Å². The summed E-state index contributed by atoms with van der Waals surface area (Å²) in [6.07, 6.45) is 10.2. The number of halogens is 1. The second-order valence-electron chi connectivity index (χ2n) is 11.2. The van der Waals surface area contributed by atoms with Crippen molar-refractivity contribution in [2.24, 2.45) is 0 Å². The van der Waals surface area contributed by atoms with Crippen LogP contribution in [0.5, 0.6) is 0 Å². The lowest BCUT2D eigenvalue weighted by Crippen LogP contribution is -2.49. The molecular formula is C33H42FN5O2S2. The Kier molecular flexibility index (Phi) is 11.8. The third kappa shape index (κ3) is 7.50. The second kappa shape index (κ2) is 15.5. The van der Waals surface area contributed by atoms with E-state index in [4.69, 9.17) is 12.2 Å². The Morgan fingerprint density at radius 1 is 0.953 bits per heavy atom. The van der Waals surface area contributed by atoms with Gasteiger partial charge in [-0.15, -0.1) is 0 Å². The number of piperazine rings is 1. The van der Waals surface area contributed by atoms with E-state index in [0.717, 1.165) is 32.1 Å². The lowest BCUT2D eigenvalue weighted by atomic mass is 10.0. The van der Waals surface area contributed by atoms with Crippen LogP contribution in [-0.2, 0) is 11.3 Å².